The van der Waals surface area contributed by atoms with E-state index in [1.807, 2.05) is 0 Å². The second-order valence-electron chi connectivity index (χ2n) is 7.82. The molecule has 1 heterocycles. The number of rotatable bonds is 3. The summed E-state index contributed by atoms with van der Waals surface area (Å²) < 4.78 is 2.23. The molecule has 1 aromatic heterocycles. The van der Waals surface area contributed by atoms with Gasteiger partial charge in [0.2, 0.25) is 5.69 Å². The smallest absolute Gasteiger partial charge is 0.213 e. The van der Waals surface area contributed by atoms with Crippen LogP contribution in [0.3, 0.4) is 0 Å². The van der Waals surface area contributed by atoms with Gasteiger partial charge < -0.3 is 4.90 Å². The first-order chi connectivity index (χ1) is 13.4. The molecule has 0 N–H and O–H groups in total. The number of fused-ring (bicyclic) bond motifs is 1. The minimum Gasteiger partial charge on any atom is -0.378 e. The molecule has 0 aliphatic carbocycles. The maximum absolute atomic E-state index is 2.33. The van der Waals surface area contributed by atoms with Gasteiger partial charge in [0.05, 0.1) is 0 Å². The molecule has 0 saturated heterocycles. The maximum Gasteiger partial charge on any atom is 0.213 e. The lowest BCUT2D eigenvalue weighted by Gasteiger charge is -2.14. The summed E-state index contributed by atoms with van der Waals surface area (Å²) in [4.78, 5) is 2.14. The van der Waals surface area contributed by atoms with Gasteiger partial charge in [0.1, 0.15) is 7.05 Å². The minimum absolute atomic E-state index is 1.23. The Morgan fingerprint density at radius 1 is 0.714 bits per heavy atom. The molecule has 0 spiro atoms. The highest BCUT2D eigenvalue weighted by Crippen LogP contribution is 2.31. The summed E-state index contributed by atoms with van der Waals surface area (Å²) in [5.41, 5.74) is 8.87. The van der Waals surface area contributed by atoms with E-state index in [0.29, 0.717) is 0 Å². The van der Waals surface area contributed by atoms with Crippen molar-refractivity contribution in [3.8, 4) is 22.4 Å². The lowest BCUT2D eigenvalue weighted by atomic mass is 9.95. The van der Waals surface area contributed by atoms with Crippen LogP contribution in [0.15, 0.2) is 72.9 Å². The minimum atomic E-state index is 1.23. The molecule has 0 bridgehead atoms. The van der Waals surface area contributed by atoms with Crippen LogP contribution in [0.1, 0.15) is 11.1 Å². The third-order valence-electron chi connectivity index (χ3n) is 5.55. The van der Waals surface area contributed by atoms with Gasteiger partial charge in [0, 0.05) is 37.0 Å². The molecule has 0 radical (unpaired) electrons. The van der Waals surface area contributed by atoms with Crippen molar-refractivity contribution >= 4 is 16.5 Å². The molecule has 2 heteroatoms. The molecule has 0 saturated carbocycles. The van der Waals surface area contributed by atoms with Gasteiger partial charge in [0.25, 0.3) is 0 Å². The number of nitrogens with zero attached hydrogens (tertiary/aromatic N) is 2. The van der Waals surface area contributed by atoms with Gasteiger partial charge in [-0.1, -0.05) is 36.4 Å². The SMILES string of the molecule is Cc1c[n+](C)c(-c2ccccc2C)cc1-c1ccc2cc(N(C)C)ccc2c1. The quantitative estimate of drug-likeness (QED) is 0.423. The standard InChI is InChI=1S/C26H27N2/c1-18-8-6-7-9-24(18)26-16-25(19(2)17-28(26)5)22-11-10-21-15-23(27(3)4)13-12-20(21)14-22/h6-17H,1-5H3/q+1. The number of aromatic nitrogens is 1. The molecule has 140 valence electrons. The van der Waals surface area contributed by atoms with Crippen LogP contribution < -0.4 is 9.47 Å². The molecular formula is C26H27N2+. The second-order valence-corrected chi connectivity index (χ2v) is 7.82. The molecule has 0 unspecified atom stereocenters. The van der Waals surface area contributed by atoms with E-state index in [4.69, 9.17) is 0 Å². The number of aryl methyl sites for hydroxylation is 3. The van der Waals surface area contributed by atoms with E-state index in [9.17, 15) is 0 Å². The Kier molecular flexibility index (Phi) is 4.64. The van der Waals surface area contributed by atoms with Crippen molar-refractivity contribution in [2.75, 3.05) is 19.0 Å². The number of hydrogen-bond acceptors (Lipinski definition) is 1. The predicted octanol–water partition coefficient (Wildman–Crippen LogP) is 5.68. The summed E-state index contributed by atoms with van der Waals surface area (Å²) in [6, 6.07) is 24.3. The van der Waals surface area contributed by atoms with E-state index in [0.717, 1.165) is 0 Å². The maximum atomic E-state index is 2.33. The molecule has 3 aromatic carbocycles. The Balaban J connectivity index is 1.86. The number of hydrogen-bond donors (Lipinski definition) is 0. The summed E-state index contributed by atoms with van der Waals surface area (Å²) in [7, 11) is 6.29. The van der Waals surface area contributed by atoms with Crippen LogP contribution in [-0.4, -0.2) is 14.1 Å². The van der Waals surface area contributed by atoms with Crippen molar-refractivity contribution in [2.45, 2.75) is 13.8 Å². The Bertz CT molecular complexity index is 1170. The van der Waals surface area contributed by atoms with Crippen molar-refractivity contribution in [3.05, 3.63) is 84.1 Å². The van der Waals surface area contributed by atoms with Crippen LogP contribution in [-0.2, 0) is 7.05 Å². The van der Waals surface area contributed by atoms with Gasteiger partial charge >= 0.3 is 0 Å². The zero-order chi connectivity index (χ0) is 19.8. The first kappa shape index (κ1) is 18.2. The number of benzene rings is 3. The molecule has 0 amide bonds. The summed E-state index contributed by atoms with van der Waals surface area (Å²) in [6.07, 6.45) is 2.23. The number of pyridine rings is 1. The van der Waals surface area contributed by atoms with Crippen LogP contribution >= 0.6 is 0 Å². The Hall–Kier alpha value is -3.13. The van der Waals surface area contributed by atoms with E-state index in [2.05, 4.69) is 117 Å². The molecule has 0 aliphatic heterocycles. The molecule has 0 aliphatic rings. The molecule has 0 fully saturated rings. The number of anilines is 1. The Morgan fingerprint density at radius 2 is 1.43 bits per heavy atom. The van der Waals surface area contributed by atoms with Crippen LogP contribution in [0.2, 0.25) is 0 Å². The van der Waals surface area contributed by atoms with Crippen LogP contribution in [0.4, 0.5) is 5.69 Å². The predicted molar refractivity (Wildman–Crippen MR) is 120 cm³/mol. The van der Waals surface area contributed by atoms with Crippen molar-refractivity contribution in [1.29, 1.82) is 0 Å². The summed E-state index contributed by atoms with van der Waals surface area (Å²) in [5.74, 6) is 0. The summed E-state index contributed by atoms with van der Waals surface area (Å²) >= 11 is 0. The fraction of sp³-hybridized carbons (Fsp3) is 0.192. The van der Waals surface area contributed by atoms with Gasteiger partial charge in [-0.25, -0.2) is 4.57 Å². The van der Waals surface area contributed by atoms with Crippen molar-refractivity contribution < 1.29 is 4.57 Å². The van der Waals surface area contributed by atoms with Crippen molar-refractivity contribution in [2.24, 2.45) is 7.05 Å². The largest absolute Gasteiger partial charge is 0.378 e. The first-order valence-electron chi connectivity index (χ1n) is 9.72. The highest BCUT2D eigenvalue weighted by molar-refractivity contribution is 5.90. The highest BCUT2D eigenvalue weighted by Gasteiger charge is 2.16. The van der Waals surface area contributed by atoms with E-state index in [1.165, 1.54) is 50.0 Å². The third kappa shape index (κ3) is 3.27. The van der Waals surface area contributed by atoms with E-state index in [-0.39, 0.29) is 0 Å². The zero-order valence-electron chi connectivity index (χ0n) is 17.3. The first-order valence-corrected chi connectivity index (χ1v) is 9.72. The van der Waals surface area contributed by atoms with Crippen LogP contribution in [0, 0.1) is 13.8 Å². The highest BCUT2D eigenvalue weighted by atomic mass is 15.1. The van der Waals surface area contributed by atoms with Gasteiger partial charge in [0.15, 0.2) is 6.20 Å². The zero-order valence-corrected chi connectivity index (χ0v) is 17.3. The van der Waals surface area contributed by atoms with Gasteiger partial charge in [-0.05, 0) is 65.6 Å². The van der Waals surface area contributed by atoms with Crippen LogP contribution in [0.5, 0.6) is 0 Å². The van der Waals surface area contributed by atoms with Crippen molar-refractivity contribution in [3.63, 3.8) is 0 Å². The van der Waals surface area contributed by atoms with E-state index < -0.39 is 0 Å². The van der Waals surface area contributed by atoms with Gasteiger partial charge in [-0.3, -0.25) is 0 Å². The summed E-state index contributed by atoms with van der Waals surface area (Å²) in [5, 5.41) is 2.54. The molecule has 28 heavy (non-hydrogen) atoms. The molecular weight excluding hydrogens is 340 g/mol. The van der Waals surface area contributed by atoms with Gasteiger partial charge in [-0.2, -0.15) is 0 Å². The molecule has 2 nitrogen and oxygen atoms in total. The average molecular weight is 368 g/mol. The third-order valence-corrected chi connectivity index (χ3v) is 5.55. The topological polar surface area (TPSA) is 7.12 Å². The lowest BCUT2D eigenvalue weighted by molar-refractivity contribution is -0.660. The van der Waals surface area contributed by atoms with Crippen molar-refractivity contribution in [1.82, 2.24) is 0 Å². The van der Waals surface area contributed by atoms with Crippen LogP contribution in [0.25, 0.3) is 33.2 Å². The van der Waals surface area contributed by atoms with E-state index in [1.54, 1.807) is 0 Å². The monoisotopic (exact) mass is 367 g/mol. The van der Waals surface area contributed by atoms with Gasteiger partial charge in [-0.15, -0.1) is 0 Å². The Morgan fingerprint density at radius 3 is 2.18 bits per heavy atom. The fourth-order valence-electron chi connectivity index (χ4n) is 3.90. The molecule has 0 atom stereocenters. The molecule has 4 aromatic rings. The average Bonchev–Trinajstić information content (AvgIpc) is 2.68. The lowest BCUT2D eigenvalue weighted by Crippen LogP contribution is -2.31. The van der Waals surface area contributed by atoms with E-state index >= 15 is 0 Å². The molecule has 4 rings (SSSR count). The fourth-order valence-corrected chi connectivity index (χ4v) is 3.90. The summed E-state index contributed by atoms with van der Waals surface area (Å²) in [6.45, 7) is 4.36. The Labute approximate surface area is 167 Å². The second kappa shape index (κ2) is 7.12. The normalized spacial score (nSPS) is 11.0.